The SMILES string of the molecule is CN1CCOC(C(=O)Cc2cc(Cl)ccc2Cl)C1. The van der Waals surface area contributed by atoms with Crippen molar-refractivity contribution < 1.29 is 9.53 Å². The molecule has 1 fully saturated rings. The Morgan fingerprint density at radius 3 is 3.00 bits per heavy atom. The fourth-order valence-electron chi connectivity index (χ4n) is 1.95. The van der Waals surface area contributed by atoms with Crippen molar-refractivity contribution in [1.82, 2.24) is 4.90 Å². The predicted octanol–water partition coefficient (Wildman–Crippen LogP) is 2.44. The van der Waals surface area contributed by atoms with Crippen molar-refractivity contribution in [3.63, 3.8) is 0 Å². The summed E-state index contributed by atoms with van der Waals surface area (Å²) in [7, 11) is 1.98. The minimum atomic E-state index is -0.362. The number of hydrogen-bond acceptors (Lipinski definition) is 3. The van der Waals surface area contributed by atoms with E-state index in [2.05, 4.69) is 4.90 Å². The summed E-state index contributed by atoms with van der Waals surface area (Å²) in [5.74, 6) is 0.0470. The lowest BCUT2D eigenvalue weighted by Crippen LogP contribution is -2.44. The summed E-state index contributed by atoms with van der Waals surface area (Å²) in [6, 6.07) is 5.15. The van der Waals surface area contributed by atoms with Gasteiger partial charge in [-0.1, -0.05) is 23.2 Å². The number of rotatable bonds is 3. The van der Waals surface area contributed by atoms with Crippen molar-refractivity contribution in [3.8, 4) is 0 Å². The molecule has 2 rings (SSSR count). The zero-order valence-corrected chi connectivity index (χ0v) is 11.7. The van der Waals surface area contributed by atoms with Crippen LogP contribution in [0.5, 0.6) is 0 Å². The van der Waals surface area contributed by atoms with Gasteiger partial charge in [-0.15, -0.1) is 0 Å². The molecule has 1 aromatic carbocycles. The van der Waals surface area contributed by atoms with E-state index in [0.717, 1.165) is 12.1 Å². The second-order valence-electron chi connectivity index (χ2n) is 4.50. The van der Waals surface area contributed by atoms with Crippen LogP contribution in [0.2, 0.25) is 10.0 Å². The quantitative estimate of drug-likeness (QED) is 0.855. The normalized spacial score (nSPS) is 20.9. The Labute approximate surface area is 117 Å². The van der Waals surface area contributed by atoms with E-state index in [9.17, 15) is 4.79 Å². The number of carbonyl (C=O) groups is 1. The van der Waals surface area contributed by atoms with E-state index in [1.54, 1.807) is 18.2 Å². The van der Waals surface area contributed by atoms with E-state index in [-0.39, 0.29) is 18.3 Å². The van der Waals surface area contributed by atoms with E-state index in [0.29, 0.717) is 23.2 Å². The first kappa shape index (κ1) is 13.8. The average molecular weight is 288 g/mol. The van der Waals surface area contributed by atoms with E-state index in [1.165, 1.54) is 0 Å². The molecule has 1 heterocycles. The highest BCUT2D eigenvalue weighted by Gasteiger charge is 2.25. The molecule has 0 aromatic heterocycles. The summed E-state index contributed by atoms with van der Waals surface area (Å²) in [6.07, 6.45) is -0.100. The molecular weight excluding hydrogens is 273 g/mol. The molecule has 3 nitrogen and oxygen atoms in total. The smallest absolute Gasteiger partial charge is 0.167 e. The predicted molar refractivity (Wildman–Crippen MR) is 72.4 cm³/mol. The minimum absolute atomic E-state index is 0.0470. The molecule has 18 heavy (non-hydrogen) atoms. The molecule has 0 N–H and O–H groups in total. The summed E-state index contributed by atoms with van der Waals surface area (Å²) < 4.78 is 5.49. The number of halogens is 2. The summed E-state index contributed by atoms with van der Waals surface area (Å²) in [5.41, 5.74) is 0.756. The molecule has 1 atom stereocenters. The number of benzene rings is 1. The van der Waals surface area contributed by atoms with Crippen LogP contribution < -0.4 is 0 Å². The van der Waals surface area contributed by atoms with Gasteiger partial charge in [0.15, 0.2) is 5.78 Å². The second-order valence-corrected chi connectivity index (χ2v) is 5.34. The maximum Gasteiger partial charge on any atom is 0.167 e. The Bertz CT molecular complexity index is 451. The Balaban J connectivity index is 2.04. The molecule has 0 bridgehead atoms. The van der Waals surface area contributed by atoms with Crippen LogP contribution in [-0.4, -0.2) is 43.5 Å². The maximum atomic E-state index is 12.1. The standard InChI is InChI=1S/C13H15Cl2NO2/c1-16-4-5-18-13(8-16)12(17)7-9-6-10(14)2-3-11(9)15/h2-3,6,13H,4-5,7-8H2,1H3. The summed E-state index contributed by atoms with van der Waals surface area (Å²) in [5, 5.41) is 1.15. The number of nitrogens with zero attached hydrogens (tertiary/aromatic N) is 1. The molecule has 0 saturated carbocycles. The zero-order valence-electron chi connectivity index (χ0n) is 10.2. The Morgan fingerprint density at radius 2 is 2.28 bits per heavy atom. The van der Waals surface area contributed by atoms with Gasteiger partial charge in [-0.3, -0.25) is 4.79 Å². The first-order valence-electron chi connectivity index (χ1n) is 5.83. The Kier molecular flexibility index (Phi) is 4.62. The van der Waals surface area contributed by atoms with Gasteiger partial charge in [0.05, 0.1) is 6.61 Å². The van der Waals surface area contributed by atoms with Gasteiger partial charge in [-0.05, 0) is 30.8 Å². The third-order valence-corrected chi connectivity index (χ3v) is 3.60. The van der Waals surface area contributed by atoms with Gasteiger partial charge in [0.25, 0.3) is 0 Å². The van der Waals surface area contributed by atoms with Gasteiger partial charge in [0.2, 0.25) is 0 Å². The molecule has 0 amide bonds. The fraction of sp³-hybridized carbons (Fsp3) is 0.462. The van der Waals surface area contributed by atoms with Crippen LogP contribution in [0.4, 0.5) is 0 Å². The highest BCUT2D eigenvalue weighted by atomic mass is 35.5. The van der Waals surface area contributed by atoms with E-state index < -0.39 is 0 Å². The van der Waals surface area contributed by atoms with E-state index in [4.69, 9.17) is 27.9 Å². The lowest BCUT2D eigenvalue weighted by molar-refractivity contribution is -0.134. The minimum Gasteiger partial charge on any atom is -0.368 e. The van der Waals surface area contributed by atoms with Gasteiger partial charge in [0, 0.05) is 29.6 Å². The molecule has 0 aliphatic carbocycles. The maximum absolute atomic E-state index is 12.1. The number of carbonyl (C=O) groups excluding carboxylic acids is 1. The van der Waals surface area contributed by atoms with Crippen molar-refractivity contribution >= 4 is 29.0 Å². The number of ether oxygens (including phenoxy) is 1. The van der Waals surface area contributed by atoms with Gasteiger partial charge >= 0.3 is 0 Å². The third-order valence-electron chi connectivity index (χ3n) is 3.00. The van der Waals surface area contributed by atoms with Crippen LogP contribution in [0.15, 0.2) is 18.2 Å². The van der Waals surface area contributed by atoms with E-state index in [1.807, 2.05) is 7.05 Å². The topological polar surface area (TPSA) is 29.5 Å². The molecular formula is C13H15Cl2NO2. The van der Waals surface area contributed by atoms with Gasteiger partial charge in [-0.2, -0.15) is 0 Å². The van der Waals surface area contributed by atoms with E-state index >= 15 is 0 Å². The molecule has 1 aliphatic heterocycles. The van der Waals surface area contributed by atoms with Crippen LogP contribution in [0, 0.1) is 0 Å². The van der Waals surface area contributed by atoms with Crippen LogP contribution in [0.25, 0.3) is 0 Å². The number of Topliss-reactive ketones (excluding diaryl/α,β-unsaturated/α-hetero) is 1. The molecule has 1 aliphatic rings. The van der Waals surface area contributed by atoms with Crippen molar-refractivity contribution in [2.75, 3.05) is 26.7 Å². The van der Waals surface area contributed by atoms with Gasteiger partial charge in [-0.25, -0.2) is 0 Å². The molecule has 0 spiro atoms. The van der Waals surface area contributed by atoms with Crippen LogP contribution in [0.1, 0.15) is 5.56 Å². The van der Waals surface area contributed by atoms with Crippen molar-refractivity contribution in [2.24, 2.45) is 0 Å². The van der Waals surface area contributed by atoms with Crippen LogP contribution in [-0.2, 0) is 16.0 Å². The largest absolute Gasteiger partial charge is 0.368 e. The first-order chi connectivity index (χ1) is 8.56. The number of ketones is 1. The second kappa shape index (κ2) is 6.02. The number of morpholine rings is 1. The molecule has 1 saturated heterocycles. The third kappa shape index (κ3) is 3.45. The Hall–Kier alpha value is -0.610. The molecule has 98 valence electrons. The Morgan fingerprint density at radius 1 is 1.50 bits per heavy atom. The lowest BCUT2D eigenvalue weighted by atomic mass is 10.0. The summed E-state index contributed by atoms with van der Waals surface area (Å²) in [4.78, 5) is 14.2. The molecule has 1 aromatic rings. The van der Waals surface area contributed by atoms with Crippen LogP contribution in [0.3, 0.4) is 0 Å². The molecule has 5 heteroatoms. The van der Waals surface area contributed by atoms with Crippen molar-refractivity contribution in [1.29, 1.82) is 0 Å². The lowest BCUT2D eigenvalue weighted by Gasteiger charge is -2.29. The van der Waals surface area contributed by atoms with Gasteiger partial charge in [0.1, 0.15) is 6.10 Å². The molecule has 0 radical (unpaired) electrons. The monoisotopic (exact) mass is 287 g/mol. The van der Waals surface area contributed by atoms with Crippen molar-refractivity contribution in [3.05, 3.63) is 33.8 Å². The first-order valence-corrected chi connectivity index (χ1v) is 6.58. The average Bonchev–Trinajstić information content (AvgIpc) is 2.34. The number of likely N-dealkylation sites (N-methyl/N-ethyl adjacent to an activating group) is 1. The van der Waals surface area contributed by atoms with Crippen molar-refractivity contribution in [2.45, 2.75) is 12.5 Å². The highest BCUT2D eigenvalue weighted by Crippen LogP contribution is 2.22. The summed E-state index contributed by atoms with van der Waals surface area (Å²) in [6.45, 7) is 2.09. The fourth-order valence-corrected chi connectivity index (χ4v) is 2.33. The van der Waals surface area contributed by atoms with Crippen LogP contribution >= 0.6 is 23.2 Å². The summed E-state index contributed by atoms with van der Waals surface area (Å²) >= 11 is 11.9. The number of hydrogen-bond donors (Lipinski definition) is 0. The highest BCUT2D eigenvalue weighted by molar-refractivity contribution is 6.33. The van der Waals surface area contributed by atoms with Gasteiger partial charge < -0.3 is 9.64 Å². The zero-order chi connectivity index (χ0) is 13.1. The molecule has 1 unspecified atom stereocenters.